The molecule has 1 heterocycles. The number of ether oxygens (including phenoxy) is 2. The highest BCUT2D eigenvalue weighted by Gasteiger charge is 2.38. The smallest absolute Gasteiger partial charge is 0.490 e. The lowest BCUT2D eigenvalue weighted by Crippen LogP contribution is -2.33. The summed E-state index contributed by atoms with van der Waals surface area (Å²) < 4.78 is 57.0. The highest BCUT2D eigenvalue weighted by molar-refractivity contribution is 5.73. The first-order valence-electron chi connectivity index (χ1n) is 8.82. The second-order valence-corrected chi connectivity index (χ2v) is 6.37. The van der Waals surface area contributed by atoms with Gasteiger partial charge in [-0.25, -0.2) is 9.18 Å². The van der Waals surface area contributed by atoms with Crippen LogP contribution in [0.3, 0.4) is 0 Å². The molecule has 5 nitrogen and oxygen atoms in total. The lowest BCUT2D eigenvalue weighted by atomic mass is 10.0. The molecule has 0 spiro atoms. The monoisotopic (exact) mass is 415 g/mol. The normalized spacial score (nSPS) is 15.4. The van der Waals surface area contributed by atoms with Crippen LogP contribution in [-0.2, 0) is 24.2 Å². The zero-order valence-electron chi connectivity index (χ0n) is 15.6. The summed E-state index contributed by atoms with van der Waals surface area (Å²) in [4.78, 5) is 8.90. The second-order valence-electron chi connectivity index (χ2n) is 6.37. The molecule has 29 heavy (non-hydrogen) atoms. The van der Waals surface area contributed by atoms with Crippen LogP contribution >= 0.6 is 0 Å². The van der Waals surface area contributed by atoms with Crippen LogP contribution in [0.15, 0.2) is 36.4 Å². The quantitative estimate of drug-likeness (QED) is 0.741. The Kier molecular flexibility index (Phi) is 7.44. The molecule has 3 N–H and O–H groups in total. The molecule has 158 valence electrons. The summed E-state index contributed by atoms with van der Waals surface area (Å²) in [5.74, 6) is -1.49. The maximum absolute atomic E-state index is 13.9. The van der Waals surface area contributed by atoms with Crippen molar-refractivity contribution in [1.82, 2.24) is 0 Å². The molecule has 0 saturated heterocycles. The minimum absolute atomic E-state index is 0.0461. The van der Waals surface area contributed by atoms with Crippen LogP contribution in [0.1, 0.15) is 23.6 Å². The summed E-state index contributed by atoms with van der Waals surface area (Å²) in [6, 6.07) is 10.9. The van der Waals surface area contributed by atoms with Gasteiger partial charge in [0.1, 0.15) is 30.5 Å². The fraction of sp³-hybridized carbons (Fsp3) is 0.350. The van der Waals surface area contributed by atoms with Crippen LogP contribution in [0.5, 0.6) is 11.5 Å². The van der Waals surface area contributed by atoms with Crippen LogP contribution in [0.25, 0.3) is 0 Å². The Morgan fingerprint density at radius 1 is 1.31 bits per heavy atom. The Hall–Kier alpha value is -2.81. The minimum atomic E-state index is -5.08. The SMILES string of the molecule is CCc1cccc(F)c1COc1ccc2c(c1)OC[C@@H](N)C2.O=C(O)C(F)(F)F. The third-order valence-electron chi connectivity index (χ3n) is 4.20. The fourth-order valence-corrected chi connectivity index (χ4v) is 2.72. The van der Waals surface area contributed by atoms with Crippen LogP contribution in [0.4, 0.5) is 17.6 Å². The topological polar surface area (TPSA) is 81.8 Å². The van der Waals surface area contributed by atoms with Crippen molar-refractivity contribution in [3.8, 4) is 11.5 Å². The number of aliphatic carboxylic acids is 1. The van der Waals surface area contributed by atoms with Crippen molar-refractivity contribution < 1.29 is 36.9 Å². The first-order valence-corrected chi connectivity index (χ1v) is 8.82. The largest absolute Gasteiger partial charge is 0.492 e. The van der Waals surface area contributed by atoms with Gasteiger partial charge in [-0.1, -0.05) is 25.1 Å². The molecule has 3 rings (SSSR count). The number of halogens is 4. The summed E-state index contributed by atoms with van der Waals surface area (Å²) in [6.07, 6.45) is -3.50. The van der Waals surface area contributed by atoms with E-state index in [-0.39, 0.29) is 18.5 Å². The van der Waals surface area contributed by atoms with E-state index in [4.69, 9.17) is 25.1 Å². The number of hydrogen-bond donors (Lipinski definition) is 2. The molecule has 0 unspecified atom stereocenters. The molecule has 0 saturated carbocycles. The molecule has 2 aromatic rings. The standard InChI is InChI=1S/C18H20FNO2.C2HF3O2/c1-2-12-4-3-5-17(19)16(12)11-21-15-7-6-13-8-14(20)10-22-18(13)9-15;3-2(4,5)1(6)7/h3-7,9,14H,2,8,10-11,20H2,1H3;(H,6,7)/t14-;/m0./s1. The Balaban J connectivity index is 0.000000370. The number of rotatable bonds is 4. The molecule has 0 fully saturated rings. The third kappa shape index (κ3) is 6.35. The van der Waals surface area contributed by atoms with E-state index >= 15 is 0 Å². The van der Waals surface area contributed by atoms with Crippen LogP contribution in [-0.4, -0.2) is 29.9 Å². The predicted octanol–water partition coefficient (Wildman–Crippen LogP) is 3.86. The number of carboxylic acids is 1. The third-order valence-corrected chi connectivity index (χ3v) is 4.20. The van der Waals surface area contributed by atoms with Crippen molar-refractivity contribution in [3.05, 3.63) is 58.9 Å². The zero-order chi connectivity index (χ0) is 21.6. The second kappa shape index (κ2) is 9.60. The summed E-state index contributed by atoms with van der Waals surface area (Å²) in [6.45, 7) is 2.74. The molecule has 1 atom stereocenters. The van der Waals surface area contributed by atoms with Gasteiger partial charge in [0.15, 0.2) is 0 Å². The van der Waals surface area contributed by atoms with E-state index in [1.54, 1.807) is 6.07 Å². The van der Waals surface area contributed by atoms with Crippen LogP contribution in [0.2, 0.25) is 0 Å². The lowest BCUT2D eigenvalue weighted by molar-refractivity contribution is -0.192. The molecule has 0 bridgehead atoms. The van der Waals surface area contributed by atoms with Crippen molar-refractivity contribution in [2.45, 2.75) is 38.6 Å². The van der Waals surface area contributed by atoms with Crippen molar-refractivity contribution in [3.63, 3.8) is 0 Å². The Bertz CT molecular complexity index is 855. The number of hydrogen-bond acceptors (Lipinski definition) is 4. The lowest BCUT2D eigenvalue weighted by Gasteiger charge is -2.23. The van der Waals surface area contributed by atoms with Gasteiger partial charge >= 0.3 is 12.1 Å². The van der Waals surface area contributed by atoms with Crippen molar-refractivity contribution in [1.29, 1.82) is 0 Å². The number of aryl methyl sites for hydroxylation is 1. The molecule has 0 amide bonds. The number of carboxylic acid groups (broad SMARTS) is 1. The number of alkyl halides is 3. The average molecular weight is 415 g/mol. The van der Waals surface area contributed by atoms with Gasteiger partial charge in [-0.3, -0.25) is 0 Å². The van der Waals surface area contributed by atoms with Gasteiger partial charge in [0, 0.05) is 17.7 Å². The maximum Gasteiger partial charge on any atom is 0.490 e. The Labute approximate surface area is 165 Å². The Morgan fingerprint density at radius 3 is 2.62 bits per heavy atom. The predicted molar refractivity (Wildman–Crippen MR) is 97.4 cm³/mol. The van der Waals surface area contributed by atoms with E-state index in [2.05, 4.69) is 0 Å². The molecule has 1 aliphatic heterocycles. The fourth-order valence-electron chi connectivity index (χ4n) is 2.72. The average Bonchev–Trinajstić information content (AvgIpc) is 2.66. The molecule has 0 aliphatic carbocycles. The van der Waals surface area contributed by atoms with Gasteiger partial charge in [0.05, 0.1) is 0 Å². The molecule has 0 aromatic heterocycles. The summed E-state index contributed by atoms with van der Waals surface area (Å²) >= 11 is 0. The molecule has 0 radical (unpaired) electrons. The van der Waals surface area contributed by atoms with E-state index in [0.717, 1.165) is 29.7 Å². The van der Waals surface area contributed by atoms with Gasteiger partial charge in [0.25, 0.3) is 0 Å². The van der Waals surface area contributed by atoms with E-state index in [0.29, 0.717) is 17.9 Å². The van der Waals surface area contributed by atoms with Crippen molar-refractivity contribution in [2.24, 2.45) is 5.73 Å². The number of carbonyl (C=O) groups is 1. The molecule has 9 heteroatoms. The van der Waals surface area contributed by atoms with Gasteiger partial charge < -0.3 is 20.3 Å². The molecular weight excluding hydrogens is 394 g/mol. The summed E-state index contributed by atoms with van der Waals surface area (Å²) in [5.41, 5.74) is 8.55. The van der Waals surface area contributed by atoms with Crippen LogP contribution in [0, 0.1) is 5.82 Å². The number of benzene rings is 2. The first kappa shape index (κ1) is 22.5. The van der Waals surface area contributed by atoms with Gasteiger partial charge in [0.2, 0.25) is 0 Å². The first-order chi connectivity index (χ1) is 13.6. The number of nitrogens with two attached hydrogens (primary N) is 1. The maximum atomic E-state index is 13.9. The minimum Gasteiger partial charge on any atom is -0.492 e. The summed E-state index contributed by atoms with van der Waals surface area (Å²) in [7, 11) is 0. The molecule has 2 aromatic carbocycles. The number of fused-ring (bicyclic) bond motifs is 1. The van der Waals surface area contributed by atoms with E-state index < -0.39 is 12.1 Å². The van der Waals surface area contributed by atoms with Crippen molar-refractivity contribution in [2.75, 3.05) is 6.61 Å². The molecular formula is C20H21F4NO4. The van der Waals surface area contributed by atoms with Gasteiger partial charge in [-0.15, -0.1) is 0 Å². The van der Waals surface area contributed by atoms with Crippen molar-refractivity contribution >= 4 is 5.97 Å². The molecule has 1 aliphatic rings. The summed E-state index contributed by atoms with van der Waals surface area (Å²) in [5, 5.41) is 7.12. The van der Waals surface area contributed by atoms with E-state index in [1.807, 2.05) is 31.2 Å². The zero-order valence-corrected chi connectivity index (χ0v) is 15.6. The van der Waals surface area contributed by atoms with Gasteiger partial charge in [-0.2, -0.15) is 13.2 Å². The highest BCUT2D eigenvalue weighted by atomic mass is 19.4. The van der Waals surface area contributed by atoms with Gasteiger partial charge in [-0.05, 0) is 36.1 Å². The Morgan fingerprint density at radius 2 is 2.00 bits per heavy atom. The van der Waals surface area contributed by atoms with Crippen LogP contribution < -0.4 is 15.2 Å². The van der Waals surface area contributed by atoms with E-state index in [1.165, 1.54) is 6.07 Å². The van der Waals surface area contributed by atoms with E-state index in [9.17, 15) is 17.6 Å². The highest BCUT2D eigenvalue weighted by Crippen LogP contribution is 2.29.